The van der Waals surface area contributed by atoms with E-state index in [4.69, 9.17) is 0 Å². The molecule has 5 nitrogen and oxygen atoms in total. The van der Waals surface area contributed by atoms with E-state index < -0.39 is 10.0 Å². The molecule has 0 heterocycles. The van der Waals surface area contributed by atoms with Crippen LogP contribution in [0.5, 0.6) is 0 Å². The minimum Gasteiger partial charge on any atom is -0.326 e. The van der Waals surface area contributed by atoms with Crippen LogP contribution in [0.15, 0.2) is 18.2 Å². The molecule has 1 amide bonds. The van der Waals surface area contributed by atoms with Crippen molar-refractivity contribution < 1.29 is 13.2 Å². The molecule has 1 N–H and O–H groups in total. The van der Waals surface area contributed by atoms with Gasteiger partial charge in [-0.25, -0.2) is 12.7 Å². The van der Waals surface area contributed by atoms with E-state index in [1.165, 1.54) is 10.6 Å². The molecule has 6 heteroatoms. The van der Waals surface area contributed by atoms with Gasteiger partial charge in [-0.15, -0.1) is 0 Å². The minimum atomic E-state index is -3.32. The van der Waals surface area contributed by atoms with Crippen molar-refractivity contribution in [2.75, 3.05) is 24.7 Å². The lowest BCUT2D eigenvalue weighted by Gasteiger charge is -2.23. The number of hydrogen-bond acceptors (Lipinski definition) is 3. The summed E-state index contributed by atoms with van der Waals surface area (Å²) in [6.07, 6.45) is 1.34. The second kappa shape index (κ2) is 9.51. The molecule has 0 bridgehead atoms. The summed E-state index contributed by atoms with van der Waals surface area (Å²) in [5.41, 5.74) is 3.08. The molecule has 0 radical (unpaired) electrons. The number of sulfonamides is 1. The van der Waals surface area contributed by atoms with Crippen LogP contribution in [-0.2, 0) is 14.8 Å². The van der Waals surface area contributed by atoms with Gasteiger partial charge >= 0.3 is 0 Å². The third-order valence-corrected chi connectivity index (χ3v) is 5.53. The Morgan fingerprint density at radius 2 is 1.54 bits per heavy atom. The maximum Gasteiger partial charge on any atom is 0.225 e. The molecule has 0 saturated carbocycles. The third kappa shape index (κ3) is 6.72. The summed E-state index contributed by atoms with van der Waals surface area (Å²) in [6, 6.07) is 6.09. The van der Waals surface area contributed by atoms with Crippen LogP contribution in [0.3, 0.4) is 0 Å². The fraction of sp³-hybridized carbons (Fsp3) is 0.650. The normalized spacial score (nSPS) is 12.4. The molecular weight excluding hydrogens is 348 g/mol. The SMILES string of the molecule is CC(C)CN(CCC(=O)Nc1c(C(C)C)cccc1C(C)C)S(C)(=O)=O. The number of para-hydroxylation sites is 1. The van der Waals surface area contributed by atoms with Gasteiger partial charge in [0.05, 0.1) is 6.26 Å². The molecule has 0 unspecified atom stereocenters. The van der Waals surface area contributed by atoms with Gasteiger partial charge in [-0.3, -0.25) is 4.79 Å². The second-order valence-electron chi connectivity index (χ2n) is 7.93. The standard InChI is InChI=1S/C20H34N2O3S/c1-14(2)13-22(26(7,24)25)12-11-19(23)21-20-17(15(3)4)9-8-10-18(20)16(5)6/h8-10,14-16H,11-13H2,1-7H3,(H,21,23). The van der Waals surface area contributed by atoms with Crippen LogP contribution < -0.4 is 5.32 Å². The Bertz CT molecular complexity index is 684. The van der Waals surface area contributed by atoms with E-state index in [1.54, 1.807) is 0 Å². The number of hydrogen-bond donors (Lipinski definition) is 1. The molecule has 26 heavy (non-hydrogen) atoms. The van der Waals surface area contributed by atoms with E-state index in [9.17, 15) is 13.2 Å². The summed E-state index contributed by atoms with van der Waals surface area (Å²) in [4.78, 5) is 12.5. The van der Waals surface area contributed by atoms with Crippen LogP contribution in [-0.4, -0.2) is 38.0 Å². The smallest absolute Gasteiger partial charge is 0.225 e. The van der Waals surface area contributed by atoms with Gasteiger partial charge in [-0.05, 0) is 28.9 Å². The average molecular weight is 383 g/mol. The van der Waals surface area contributed by atoms with Crippen molar-refractivity contribution in [3.8, 4) is 0 Å². The highest BCUT2D eigenvalue weighted by Crippen LogP contribution is 2.32. The van der Waals surface area contributed by atoms with Crippen LogP contribution in [0, 0.1) is 5.92 Å². The first-order valence-electron chi connectivity index (χ1n) is 9.31. The molecule has 0 fully saturated rings. The predicted octanol–water partition coefficient (Wildman–Crippen LogP) is 4.18. The summed E-state index contributed by atoms with van der Waals surface area (Å²) in [5, 5.41) is 3.04. The summed E-state index contributed by atoms with van der Waals surface area (Å²) in [5.74, 6) is 0.634. The van der Waals surface area contributed by atoms with Gasteiger partial charge in [0.15, 0.2) is 0 Å². The van der Waals surface area contributed by atoms with Crippen molar-refractivity contribution in [1.29, 1.82) is 0 Å². The highest BCUT2D eigenvalue weighted by Gasteiger charge is 2.20. The maximum absolute atomic E-state index is 12.5. The fourth-order valence-corrected chi connectivity index (χ4v) is 3.92. The number of benzene rings is 1. The van der Waals surface area contributed by atoms with Crippen molar-refractivity contribution in [3.63, 3.8) is 0 Å². The minimum absolute atomic E-state index is 0.143. The third-order valence-electron chi connectivity index (χ3n) is 4.26. The average Bonchev–Trinajstić information content (AvgIpc) is 2.49. The lowest BCUT2D eigenvalue weighted by Crippen LogP contribution is -2.35. The van der Waals surface area contributed by atoms with E-state index in [-0.39, 0.29) is 36.6 Å². The Morgan fingerprint density at radius 3 is 1.92 bits per heavy atom. The molecule has 148 valence electrons. The molecule has 0 aliphatic heterocycles. The Labute approximate surface area is 159 Å². The molecule has 0 aromatic heterocycles. The number of carbonyl (C=O) groups is 1. The van der Waals surface area contributed by atoms with E-state index >= 15 is 0 Å². The molecule has 0 aliphatic rings. The number of rotatable bonds is 9. The zero-order chi connectivity index (χ0) is 20.1. The number of nitrogens with zero attached hydrogens (tertiary/aromatic N) is 1. The zero-order valence-electron chi connectivity index (χ0n) is 17.2. The Kier molecular flexibility index (Phi) is 8.28. The van der Waals surface area contributed by atoms with Crippen molar-refractivity contribution in [2.45, 2.75) is 59.8 Å². The highest BCUT2D eigenvalue weighted by atomic mass is 32.2. The summed E-state index contributed by atoms with van der Waals surface area (Å²) in [6.45, 7) is 13.0. The van der Waals surface area contributed by atoms with Gasteiger partial charge in [-0.1, -0.05) is 59.7 Å². The maximum atomic E-state index is 12.5. The van der Waals surface area contributed by atoms with Crippen molar-refractivity contribution in [3.05, 3.63) is 29.3 Å². The summed E-state index contributed by atoms with van der Waals surface area (Å²) >= 11 is 0. The lowest BCUT2D eigenvalue weighted by molar-refractivity contribution is -0.116. The predicted molar refractivity (Wildman–Crippen MR) is 109 cm³/mol. The Balaban J connectivity index is 2.94. The molecule has 0 spiro atoms. The largest absolute Gasteiger partial charge is 0.326 e. The van der Waals surface area contributed by atoms with Gasteiger partial charge in [0.1, 0.15) is 0 Å². The number of nitrogens with one attached hydrogen (secondary N) is 1. The lowest BCUT2D eigenvalue weighted by atomic mass is 9.92. The first kappa shape index (κ1) is 22.6. The molecule has 0 atom stereocenters. The zero-order valence-corrected chi connectivity index (χ0v) is 18.0. The van der Waals surface area contributed by atoms with E-state index in [1.807, 2.05) is 32.0 Å². The van der Waals surface area contributed by atoms with Gasteiger partial charge in [0.25, 0.3) is 0 Å². The second-order valence-corrected chi connectivity index (χ2v) is 9.92. The fourth-order valence-electron chi connectivity index (χ4n) is 2.92. The monoisotopic (exact) mass is 382 g/mol. The topological polar surface area (TPSA) is 66.5 Å². The molecule has 0 aliphatic carbocycles. The van der Waals surface area contributed by atoms with Gasteiger partial charge in [-0.2, -0.15) is 0 Å². The molecular formula is C20H34N2O3S. The number of carbonyl (C=O) groups excluding carboxylic acids is 1. The molecule has 1 aromatic rings. The molecule has 0 saturated heterocycles. The van der Waals surface area contributed by atoms with Crippen molar-refractivity contribution >= 4 is 21.6 Å². The quantitative estimate of drug-likeness (QED) is 0.697. The van der Waals surface area contributed by atoms with Crippen LogP contribution in [0.2, 0.25) is 0 Å². The van der Waals surface area contributed by atoms with Gasteiger partial charge in [0, 0.05) is 25.2 Å². The first-order valence-corrected chi connectivity index (χ1v) is 11.2. The summed E-state index contributed by atoms with van der Waals surface area (Å²) < 4.78 is 25.2. The van der Waals surface area contributed by atoms with Gasteiger partial charge < -0.3 is 5.32 Å². The Morgan fingerprint density at radius 1 is 1.04 bits per heavy atom. The first-order chi connectivity index (χ1) is 11.9. The highest BCUT2D eigenvalue weighted by molar-refractivity contribution is 7.88. The van der Waals surface area contributed by atoms with Crippen molar-refractivity contribution in [1.82, 2.24) is 4.31 Å². The number of anilines is 1. The van der Waals surface area contributed by atoms with Crippen LogP contribution in [0.25, 0.3) is 0 Å². The van der Waals surface area contributed by atoms with Crippen LogP contribution in [0.1, 0.15) is 70.9 Å². The van der Waals surface area contributed by atoms with E-state index in [0.29, 0.717) is 6.54 Å². The molecule has 1 rings (SSSR count). The Hall–Kier alpha value is -1.40. The summed E-state index contributed by atoms with van der Waals surface area (Å²) in [7, 11) is -3.32. The van der Waals surface area contributed by atoms with Crippen molar-refractivity contribution in [2.24, 2.45) is 5.92 Å². The van der Waals surface area contributed by atoms with E-state index in [2.05, 4.69) is 33.0 Å². The number of amides is 1. The van der Waals surface area contributed by atoms with Gasteiger partial charge in [0.2, 0.25) is 15.9 Å². The van der Waals surface area contributed by atoms with Crippen LogP contribution in [0.4, 0.5) is 5.69 Å². The molecule has 1 aromatic carbocycles. The van der Waals surface area contributed by atoms with Crippen LogP contribution >= 0.6 is 0 Å². The van der Waals surface area contributed by atoms with E-state index in [0.717, 1.165) is 16.8 Å².